The molecule has 7 heteroatoms. The fourth-order valence-electron chi connectivity index (χ4n) is 2.93. The Morgan fingerprint density at radius 1 is 1.03 bits per heavy atom. The molecule has 160 valence electrons. The van der Waals surface area contributed by atoms with Gasteiger partial charge in [0.25, 0.3) is 5.91 Å². The Labute approximate surface area is 180 Å². The highest BCUT2D eigenvalue weighted by molar-refractivity contribution is 5.90. The summed E-state index contributed by atoms with van der Waals surface area (Å²) < 4.78 is 16.3. The van der Waals surface area contributed by atoms with Crippen molar-refractivity contribution >= 4 is 18.1 Å². The van der Waals surface area contributed by atoms with Crippen molar-refractivity contribution in [3.8, 4) is 17.1 Å². The van der Waals surface area contributed by atoms with Crippen LogP contribution in [0.3, 0.4) is 0 Å². The molecule has 0 radical (unpaired) electrons. The van der Waals surface area contributed by atoms with Crippen LogP contribution in [-0.2, 0) is 9.53 Å². The lowest BCUT2D eigenvalue weighted by molar-refractivity contribution is -0.123. The van der Waals surface area contributed by atoms with Crippen LogP contribution in [0.1, 0.15) is 34.2 Å². The van der Waals surface area contributed by atoms with Crippen molar-refractivity contribution in [1.82, 2.24) is 5.43 Å². The highest BCUT2D eigenvalue weighted by Gasteiger charge is 2.09. The van der Waals surface area contributed by atoms with Gasteiger partial charge in [0.1, 0.15) is 17.3 Å². The van der Waals surface area contributed by atoms with Crippen LogP contribution in [0.15, 0.2) is 64.1 Å². The Morgan fingerprint density at radius 3 is 2.42 bits per heavy atom. The van der Waals surface area contributed by atoms with Gasteiger partial charge in [0.05, 0.1) is 18.4 Å². The first kappa shape index (κ1) is 21.8. The molecular formula is C24H24N2O5. The Balaban J connectivity index is 1.53. The number of amides is 1. The van der Waals surface area contributed by atoms with Crippen LogP contribution >= 0.6 is 0 Å². The molecule has 0 atom stereocenters. The summed E-state index contributed by atoms with van der Waals surface area (Å²) >= 11 is 0. The summed E-state index contributed by atoms with van der Waals surface area (Å²) in [6.45, 7) is 5.81. The summed E-state index contributed by atoms with van der Waals surface area (Å²) in [6, 6.07) is 16.2. The van der Waals surface area contributed by atoms with Gasteiger partial charge >= 0.3 is 5.97 Å². The van der Waals surface area contributed by atoms with E-state index in [2.05, 4.69) is 10.5 Å². The van der Waals surface area contributed by atoms with Gasteiger partial charge in [-0.2, -0.15) is 5.10 Å². The van der Waals surface area contributed by atoms with Gasteiger partial charge in [-0.05, 0) is 56.2 Å². The number of carbonyl (C=O) groups excluding carboxylic acids is 2. The number of hydrogen-bond acceptors (Lipinski definition) is 6. The molecule has 0 aliphatic carbocycles. The van der Waals surface area contributed by atoms with Crippen LogP contribution in [0, 0.1) is 13.8 Å². The molecule has 0 unspecified atom stereocenters. The van der Waals surface area contributed by atoms with E-state index in [4.69, 9.17) is 13.9 Å². The molecule has 2 aromatic carbocycles. The number of hydrazone groups is 1. The van der Waals surface area contributed by atoms with Gasteiger partial charge in [-0.15, -0.1) is 0 Å². The van der Waals surface area contributed by atoms with Crippen molar-refractivity contribution in [2.24, 2.45) is 5.10 Å². The minimum Gasteiger partial charge on any atom is -0.483 e. The maximum Gasteiger partial charge on any atom is 0.338 e. The molecule has 0 aliphatic rings. The fraction of sp³-hybridized carbons (Fsp3) is 0.208. The van der Waals surface area contributed by atoms with E-state index in [9.17, 15) is 9.59 Å². The highest BCUT2D eigenvalue weighted by Crippen LogP contribution is 2.23. The zero-order valence-corrected chi connectivity index (χ0v) is 17.7. The number of rotatable bonds is 8. The van der Waals surface area contributed by atoms with E-state index in [1.54, 1.807) is 43.3 Å². The third-order valence-electron chi connectivity index (χ3n) is 4.44. The molecule has 0 saturated carbocycles. The number of hydrogen-bond donors (Lipinski definition) is 1. The number of esters is 1. The molecule has 3 rings (SSSR count). The summed E-state index contributed by atoms with van der Waals surface area (Å²) in [5.41, 5.74) is 5.63. The van der Waals surface area contributed by atoms with Crippen LogP contribution in [-0.4, -0.2) is 31.3 Å². The van der Waals surface area contributed by atoms with Gasteiger partial charge in [0.15, 0.2) is 6.61 Å². The average Bonchev–Trinajstić information content (AvgIpc) is 3.22. The number of ether oxygens (including phenoxy) is 2. The number of furan rings is 1. The number of aryl methyl sites for hydroxylation is 2. The van der Waals surface area contributed by atoms with E-state index in [0.29, 0.717) is 29.4 Å². The normalized spacial score (nSPS) is 10.8. The number of nitrogens with one attached hydrogen (secondary N) is 1. The second-order valence-corrected chi connectivity index (χ2v) is 6.80. The number of benzene rings is 2. The molecule has 31 heavy (non-hydrogen) atoms. The topological polar surface area (TPSA) is 90.1 Å². The van der Waals surface area contributed by atoms with Gasteiger partial charge in [-0.3, -0.25) is 4.79 Å². The predicted octanol–water partition coefficient (Wildman–Crippen LogP) is 4.27. The number of nitrogens with zero attached hydrogens (tertiary/aromatic N) is 1. The molecular weight excluding hydrogens is 396 g/mol. The first-order valence-corrected chi connectivity index (χ1v) is 9.86. The second-order valence-electron chi connectivity index (χ2n) is 6.80. The van der Waals surface area contributed by atoms with Crippen molar-refractivity contribution in [3.63, 3.8) is 0 Å². The molecule has 3 aromatic rings. The van der Waals surface area contributed by atoms with Gasteiger partial charge in [0.2, 0.25) is 0 Å². The SMILES string of the molecule is CCOC(=O)c1ccc(-c2ccc(/C=N/NC(=O)COc3c(C)cccc3C)o2)cc1. The van der Waals surface area contributed by atoms with E-state index in [1.807, 2.05) is 32.0 Å². The Hall–Kier alpha value is -3.87. The maximum absolute atomic E-state index is 12.0. The van der Waals surface area contributed by atoms with E-state index in [0.717, 1.165) is 16.7 Å². The quantitative estimate of drug-likeness (QED) is 0.334. The van der Waals surface area contributed by atoms with E-state index in [-0.39, 0.29) is 18.5 Å². The largest absolute Gasteiger partial charge is 0.483 e. The van der Waals surface area contributed by atoms with Gasteiger partial charge in [-0.1, -0.05) is 30.3 Å². The molecule has 0 aliphatic heterocycles. The van der Waals surface area contributed by atoms with Crippen molar-refractivity contribution in [1.29, 1.82) is 0 Å². The van der Waals surface area contributed by atoms with Crippen LogP contribution in [0.2, 0.25) is 0 Å². The van der Waals surface area contributed by atoms with Crippen LogP contribution in [0.5, 0.6) is 5.75 Å². The lowest BCUT2D eigenvalue weighted by Gasteiger charge is -2.10. The molecule has 0 bridgehead atoms. The summed E-state index contributed by atoms with van der Waals surface area (Å²) in [5.74, 6) is 1.05. The lowest BCUT2D eigenvalue weighted by atomic mass is 10.1. The van der Waals surface area contributed by atoms with Crippen molar-refractivity contribution in [2.45, 2.75) is 20.8 Å². The van der Waals surface area contributed by atoms with Gasteiger partial charge < -0.3 is 13.9 Å². The third kappa shape index (κ3) is 5.82. The predicted molar refractivity (Wildman–Crippen MR) is 117 cm³/mol. The average molecular weight is 420 g/mol. The monoisotopic (exact) mass is 420 g/mol. The van der Waals surface area contributed by atoms with Crippen molar-refractivity contribution in [3.05, 3.63) is 77.0 Å². The van der Waals surface area contributed by atoms with E-state index in [1.165, 1.54) is 6.21 Å². The second kappa shape index (κ2) is 10.2. The number of para-hydroxylation sites is 1. The molecule has 1 heterocycles. The first-order chi connectivity index (χ1) is 15.0. The molecule has 0 spiro atoms. The Kier molecular flexibility index (Phi) is 7.22. The van der Waals surface area contributed by atoms with E-state index >= 15 is 0 Å². The molecule has 1 N–H and O–H groups in total. The zero-order valence-electron chi connectivity index (χ0n) is 17.7. The minimum atomic E-state index is -0.375. The van der Waals surface area contributed by atoms with Crippen molar-refractivity contribution < 1.29 is 23.5 Å². The van der Waals surface area contributed by atoms with Gasteiger partial charge in [0, 0.05) is 5.56 Å². The van der Waals surface area contributed by atoms with E-state index < -0.39 is 0 Å². The smallest absolute Gasteiger partial charge is 0.338 e. The summed E-state index contributed by atoms with van der Waals surface area (Å²) in [6.07, 6.45) is 1.41. The molecule has 7 nitrogen and oxygen atoms in total. The molecule has 1 aromatic heterocycles. The Bertz CT molecular complexity index is 1060. The number of carbonyl (C=O) groups is 2. The highest BCUT2D eigenvalue weighted by atomic mass is 16.5. The maximum atomic E-state index is 12.0. The summed E-state index contributed by atoms with van der Waals surface area (Å²) in [5, 5.41) is 3.90. The van der Waals surface area contributed by atoms with Crippen LogP contribution in [0.4, 0.5) is 0 Å². The standard InChI is InChI=1S/C24H24N2O5/c1-4-29-24(28)19-10-8-18(9-11-19)21-13-12-20(31-21)14-25-26-22(27)15-30-23-16(2)6-5-7-17(23)3/h5-14H,4,15H2,1-3H3,(H,26,27)/b25-14+. The lowest BCUT2D eigenvalue weighted by Crippen LogP contribution is -2.24. The van der Waals surface area contributed by atoms with Gasteiger partial charge in [-0.25, -0.2) is 10.2 Å². The summed E-state index contributed by atoms with van der Waals surface area (Å²) in [4.78, 5) is 23.7. The first-order valence-electron chi connectivity index (χ1n) is 9.86. The molecule has 0 fully saturated rings. The van der Waals surface area contributed by atoms with Crippen LogP contribution < -0.4 is 10.2 Å². The van der Waals surface area contributed by atoms with Crippen molar-refractivity contribution in [2.75, 3.05) is 13.2 Å². The minimum absolute atomic E-state index is 0.140. The Morgan fingerprint density at radius 2 is 1.74 bits per heavy atom. The molecule has 1 amide bonds. The van der Waals surface area contributed by atoms with Crippen LogP contribution in [0.25, 0.3) is 11.3 Å². The third-order valence-corrected chi connectivity index (χ3v) is 4.44. The fourth-order valence-corrected chi connectivity index (χ4v) is 2.93. The molecule has 0 saturated heterocycles. The zero-order chi connectivity index (χ0) is 22.2. The summed E-state index contributed by atoms with van der Waals surface area (Å²) in [7, 11) is 0.